The summed E-state index contributed by atoms with van der Waals surface area (Å²) >= 11 is 0. The van der Waals surface area contributed by atoms with Crippen molar-refractivity contribution in [3.63, 3.8) is 0 Å². The van der Waals surface area contributed by atoms with E-state index in [1.54, 1.807) is 44.4 Å². The molecule has 0 fully saturated rings. The highest BCUT2D eigenvalue weighted by Gasteiger charge is 2.17. The van der Waals surface area contributed by atoms with Crippen LogP contribution in [0.25, 0.3) is 6.08 Å². The lowest BCUT2D eigenvalue weighted by Crippen LogP contribution is -2.19. The van der Waals surface area contributed by atoms with Crippen molar-refractivity contribution in [2.45, 2.75) is 13.3 Å². The normalized spacial score (nSPS) is 10.3. The summed E-state index contributed by atoms with van der Waals surface area (Å²) < 4.78 is 9.57. The minimum atomic E-state index is -0.976. The number of ketones is 2. The molecular formula is C15H16O5. The lowest BCUT2D eigenvalue weighted by atomic mass is 10.1. The number of esters is 1. The van der Waals surface area contributed by atoms with E-state index in [0.29, 0.717) is 5.75 Å². The van der Waals surface area contributed by atoms with Crippen LogP contribution in [0.3, 0.4) is 0 Å². The molecule has 0 amide bonds. The van der Waals surface area contributed by atoms with Gasteiger partial charge in [-0.1, -0.05) is 18.2 Å². The quantitative estimate of drug-likeness (QED) is 0.329. The molecule has 106 valence electrons. The van der Waals surface area contributed by atoms with Gasteiger partial charge in [0, 0.05) is 0 Å². The fourth-order valence-corrected chi connectivity index (χ4v) is 1.44. The van der Waals surface area contributed by atoms with E-state index in [9.17, 15) is 14.4 Å². The second-order valence-electron chi connectivity index (χ2n) is 3.90. The highest BCUT2D eigenvalue weighted by atomic mass is 16.5. The van der Waals surface area contributed by atoms with E-state index < -0.39 is 24.0 Å². The molecule has 5 nitrogen and oxygen atoms in total. The largest absolute Gasteiger partial charge is 0.497 e. The minimum absolute atomic E-state index is 0.110. The minimum Gasteiger partial charge on any atom is -0.497 e. The Morgan fingerprint density at radius 2 is 2.00 bits per heavy atom. The van der Waals surface area contributed by atoms with Crippen molar-refractivity contribution in [3.05, 3.63) is 35.9 Å². The van der Waals surface area contributed by atoms with Crippen LogP contribution in [0, 0.1) is 0 Å². The molecule has 0 aliphatic heterocycles. The second-order valence-corrected chi connectivity index (χ2v) is 3.90. The molecule has 0 spiro atoms. The van der Waals surface area contributed by atoms with Crippen LogP contribution in [-0.2, 0) is 19.1 Å². The summed E-state index contributed by atoms with van der Waals surface area (Å²) in [5, 5.41) is 0. The number of benzene rings is 1. The van der Waals surface area contributed by atoms with Crippen LogP contribution < -0.4 is 4.74 Å². The van der Waals surface area contributed by atoms with Gasteiger partial charge in [0.15, 0.2) is 5.78 Å². The Balaban J connectivity index is 2.59. The van der Waals surface area contributed by atoms with E-state index in [1.165, 1.54) is 6.08 Å². The summed E-state index contributed by atoms with van der Waals surface area (Å²) in [7, 11) is 1.55. The molecule has 1 aromatic rings. The SMILES string of the molecule is CCOC(=O)C(=O)CC(=O)/C=C/c1cccc(OC)c1. The van der Waals surface area contributed by atoms with E-state index in [0.717, 1.165) is 5.56 Å². The smallest absolute Gasteiger partial charge is 0.375 e. The molecule has 0 bridgehead atoms. The zero-order chi connectivity index (χ0) is 15.0. The van der Waals surface area contributed by atoms with Crippen molar-refractivity contribution in [2.24, 2.45) is 0 Å². The molecule has 1 rings (SSSR count). The topological polar surface area (TPSA) is 69.7 Å². The van der Waals surface area contributed by atoms with Crippen molar-refractivity contribution in [1.29, 1.82) is 0 Å². The predicted octanol–water partition coefficient (Wildman–Crippen LogP) is 1.80. The highest BCUT2D eigenvalue weighted by molar-refractivity contribution is 6.37. The predicted molar refractivity (Wildman–Crippen MR) is 73.3 cm³/mol. The summed E-state index contributed by atoms with van der Waals surface area (Å²) in [6, 6.07) is 7.10. The molecular weight excluding hydrogens is 260 g/mol. The zero-order valence-corrected chi connectivity index (χ0v) is 11.4. The number of methoxy groups -OCH3 is 1. The number of hydrogen-bond donors (Lipinski definition) is 0. The second kappa shape index (κ2) is 7.89. The average molecular weight is 276 g/mol. The Kier molecular flexibility index (Phi) is 6.16. The maximum absolute atomic E-state index is 11.5. The Morgan fingerprint density at radius 1 is 1.25 bits per heavy atom. The summed E-state index contributed by atoms with van der Waals surface area (Å²) in [5.74, 6) is -1.60. The van der Waals surface area contributed by atoms with Gasteiger partial charge in [-0.15, -0.1) is 0 Å². The summed E-state index contributed by atoms with van der Waals surface area (Å²) in [6.45, 7) is 1.70. The molecule has 0 radical (unpaired) electrons. The third-order valence-corrected chi connectivity index (χ3v) is 2.39. The number of ether oxygens (including phenoxy) is 2. The molecule has 5 heteroatoms. The number of allylic oxidation sites excluding steroid dienone is 1. The molecule has 0 aliphatic carbocycles. The molecule has 0 saturated heterocycles. The van der Waals surface area contributed by atoms with E-state index in [4.69, 9.17) is 4.74 Å². The average Bonchev–Trinajstić information content (AvgIpc) is 2.45. The van der Waals surface area contributed by atoms with Crippen LogP contribution >= 0.6 is 0 Å². The number of rotatable bonds is 7. The van der Waals surface area contributed by atoms with Gasteiger partial charge >= 0.3 is 5.97 Å². The molecule has 0 aliphatic rings. The van der Waals surface area contributed by atoms with E-state index in [-0.39, 0.29) is 6.61 Å². The van der Waals surface area contributed by atoms with E-state index in [1.807, 2.05) is 0 Å². The molecule has 0 aromatic heterocycles. The third-order valence-electron chi connectivity index (χ3n) is 2.39. The Morgan fingerprint density at radius 3 is 2.65 bits per heavy atom. The number of hydrogen-bond acceptors (Lipinski definition) is 5. The fourth-order valence-electron chi connectivity index (χ4n) is 1.44. The monoisotopic (exact) mass is 276 g/mol. The summed E-state index contributed by atoms with van der Waals surface area (Å²) in [4.78, 5) is 33.9. The number of carbonyl (C=O) groups excluding carboxylic acids is 3. The number of carbonyl (C=O) groups is 3. The van der Waals surface area contributed by atoms with Crippen LogP contribution in [0.2, 0.25) is 0 Å². The third kappa shape index (κ3) is 5.06. The molecule has 0 atom stereocenters. The van der Waals surface area contributed by atoms with Crippen molar-refractivity contribution < 1.29 is 23.9 Å². The fraction of sp³-hybridized carbons (Fsp3) is 0.267. The van der Waals surface area contributed by atoms with Crippen LogP contribution in [0.15, 0.2) is 30.3 Å². The number of Topliss-reactive ketones (excluding diaryl/α,β-unsaturated/α-hetero) is 1. The summed E-state index contributed by atoms with van der Waals surface area (Å²) in [5.41, 5.74) is 0.765. The molecule has 0 unspecified atom stereocenters. The molecule has 0 saturated carbocycles. The van der Waals surface area contributed by atoms with Gasteiger partial charge in [-0.25, -0.2) is 4.79 Å². The Hall–Kier alpha value is -2.43. The van der Waals surface area contributed by atoms with Crippen LogP contribution in [0.1, 0.15) is 18.9 Å². The van der Waals surface area contributed by atoms with Gasteiger partial charge in [-0.05, 0) is 30.7 Å². The lowest BCUT2D eigenvalue weighted by Gasteiger charge is -2.00. The zero-order valence-electron chi connectivity index (χ0n) is 11.4. The standard InChI is InChI=1S/C15H16O5/c1-3-20-15(18)14(17)10-12(16)8-7-11-5-4-6-13(9-11)19-2/h4-9H,3,10H2,1-2H3/b8-7+. The Bertz CT molecular complexity index is 531. The van der Waals surface area contributed by atoms with Crippen molar-refractivity contribution in [2.75, 3.05) is 13.7 Å². The molecule has 0 heterocycles. The van der Waals surface area contributed by atoms with Gasteiger partial charge in [-0.2, -0.15) is 0 Å². The van der Waals surface area contributed by atoms with Gasteiger partial charge in [-0.3, -0.25) is 9.59 Å². The highest BCUT2D eigenvalue weighted by Crippen LogP contribution is 2.13. The van der Waals surface area contributed by atoms with Gasteiger partial charge in [0.1, 0.15) is 5.75 Å². The van der Waals surface area contributed by atoms with E-state index in [2.05, 4.69) is 4.74 Å². The first-order chi connectivity index (χ1) is 9.56. The maximum Gasteiger partial charge on any atom is 0.375 e. The first-order valence-electron chi connectivity index (χ1n) is 6.11. The lowest BCUT2D eigenvalue weighted by molar-refractivity contribution is -0.154. The van der Waals surface area contributed by atoms with E-state index >= 15 is 0 Å². The van der Waals surface area contributed by atoms with Gasteiger partial charge in [0.05, 0.1) is 20.1 Å². The molecule has 1 aromatic carbocycles. The Labute approximate surface area is 117 Å². The first-order valence-corrected chi connectivity index (χ1v) is 6.11. The summed E-state index contributed by atoms with van der Waals surface area (Å²) in [6.07, 6.45) is 2.33. The maximum atomic E-state index is 11.5. The molecule has 0 N–H and O–H groups in total. The van der Waals surface area contributed by atoms with Crippen molar-refractivity contribution >= 4 is 23.6 Å². The van der Waals surface area contributed by atoms with Gasteiger partial charge in [0.25, 0.3) is 0 Å². The van der Waals surface area contributed by atoms with Gasteiger partial charge in [0.2, 0.25) is 5.78 Å². The first kappa shape index (κ1) is 15.6. The van der Waals surface area contributed by atoms with Crippen molar-refractivity contribution in [1.82, 2.24) is 0 Å². The van der Waals surface area contributed by atoms with Gasteiger partial charge < -0.3 is 9.47 Å². The van der Waals surface area contributed by atoms with Crippen LogP contribution in [0.5, 0.6) is 5.75 Å². The molecule has 20 heavy (non-hydrogen) atoms. The van der Waals surface area contributed by atoms with Crippen LogP contribution in [-0.4, -0.2) is 31.3 Å². The van der Waals surface area contributed by atoms with Crippen molar-refractivity contribution in [3.8, 4) is 5.75 Å². The van der Waals surface area contributed by atoms with Crippen LogP contribution in [0.4, 0.5) is 0 Å².